The van der Waals surface area contributed by atoms with Crippen molar-refractivity contribution in [2.75, 3.05) is 26.3 Å². The molecule has 1 aromatic carbocycles. The first-order valence-electron chi connectivity index (χ1n) is 9.57. The number of hydrogen-bond donors (Lipinski definition) is 1. The highest BCUT2D eigenvalue weighted by Crippen LogP contribution is 2.22. The minimum atomic E-state index is -0.947. The number of carbonyl (C=O) groups excluding carboxylic acids is 1. The number of hydrogen-bond acceptors (Lipinski definition) is 5. The first-order chi connectivity index (χ1) is 14.6. The quantitative estimate of drug-likeness (QED) is 0.637. The molecule has 158 valence electrons. The largest absolute Gasteiger partial charge is 0.493 e. The van der Waals surface area contributed by atoms with E-state index in [0.29, 0.717) is 31.8 Å². The first kappa shape index (κ1) is 20.0. The number of benzene rings is 1. The molecule has 1 N–H and O–H groups in total. The molecule has 0 unspecified atom stereocenters. The summed E-state index contributed by atoms with van der Waals surface area (Å²) in [7, 11) is 0. The van der Waals surface area contributed by atoms with Gasteiger partial charge in [-0.1, -0.05) is 0 Å². The van der Waals surface area contributed by atoms with Gasteiger partial charge in [0, 0.05) is 37.1 Å². The Morgan fingerprint density at radius 2 is 2.20 bits per heavy atom. The van der Waals surface area contributed by atoms with Crippen LogP contribution in [0.4, 0.5) is 8.78 Å². The number of nitrogens with one attached hydrogen (secondary N) is 1. The Balaban J connectivity index is 1.29. The lowest BCUT2D eigenvalue weighted by Gasteiger charge is -2.32. The van der Waals surface area contributed by atoms with Crippen molar-refractivity contribution in [3.8, 4) is 5.75 Å². The number of halogens is 2. The summed E-state index contributed by atoms with van der Waals surface area (Å²) >= 11 is 0. The second-order valence-electron chi connectivity index (χ2n) is 6.90. The summed E-state index contributed by atoms with van der Waals surface area (Å²) in [5, 5.41) is 11.3. The molecule has 10 heteroatoms. The average molecular weight is 417 g/mol. The van der Waals surface area contributed by atoms with Crippen molar-refractivity contribution >= 4 is 5.91 Å². The van der Waals surface area contributed by atoms with Crippen molar-refractivity contribution in [3.63, 3.8) is 0 Å². The van der Waals surface area contributed by atoms with Crippen LogP contribution in [0.3, 0.4) is 0 Å². The van der Waals surface area contributed by atoms with Gasteiger partial charge < -0.3 is 14.4 Å². The smallest absolute Gasteiger partial charge is 0.244 e. The van der Waals surface area contributed by atoms with E-state index in [-0.39, 0.29) is 30.9 Å². The molecule has 0 radical (unpaired) electrons. The van der Waals surface area contributed by atoms with Crippen molar-refractivity contribution in [2.45, 2.75) is 19.1 Å². The van der Waals surface area contributed by atoms with Crippen molar-refractivity contribution in [1.82, 2.24) is 24.9 Å². The standard InChI is InChI=1S/C20H21F2N5O3/c21-16-3-2-15(11-17(16)22)29-8-4-14-10-18(25-24-14)19-12-26(7-9-30-19)20(28)13-27-6-1-5-23-27/h1-3,5-6,10-11,19H,4,7-9,12-13H2,(H,24,25)/t19-/m0/s1. The van der Waals surface area contributed by atoms with Gasteiger partial charge in [0.2, 0.25) is 5.91 Å². The Morgan fingerprint density at radius 3 is 3.00 bits per heavy atom. The fourth-order valence-corrected chi connectivity index (χ4v) is 3.21. The molecule has 1 aliphatic rings. The van der Waals surface area contributed by atoms with Gasteiger partial charge in [0.05, 0.1) is 25.5 Å². The van der Waals surface area contributed by atoms with Crippen LogP contribution in [0.1, 0.15) is 17.5 Å². The molecule has 3 aromatic rings. The van der Waals surface area contributed by atoms with Gasteiger partial charge >= 0.3 is 0 Å². The number of amides is 1. The highest BCUT2D eigenvalue weighted by molar-refractivity contribution is 5.76. The van der Waals surface area contributed by atoms with Gasteiger partial charge in [0.15, 0.2) is 11.6 Å². The second kappa shape index (κ2) is 9.04. The van der Waals surface area contributed by atoms with Gasteiger partial charge in [-0.3, -0.25) is 14.6 Å². The van der Waals surface area contributed by atoms with Gasteiger partial charge in [-0.25, -0.2) is 8.78 Å². The third kappa shape index (κ3) is 4.82. The number of carbonyl (C=O) groups is 1. The molecule has 30 heavy (non-hydrogen) atoms. The van der Waals surface area contributed by atoms with Gasteiger partial charge in [0.25, 0.3) is 0 Å². The fourth-order valence-electron chi connectivity index (χ4n) is 3.21. The number of ether oxygens (including phenoxy) is 2. The summed E-state index contributed by atoms with van der Waals surface area (Å²) in [5.74, 6) is -1.62. The van der Waals surface area contributed by atoms with Gasteiger partial charge in [-0.2, -0.15) is 10.2 Å². The highest BCUT2D eigenvalue weighted by atomic mass is 19.2. The fraction of sp³-hybridized carbons (Fsp3) is 0.350. The zero-order valence-corrected chi connectivity index (χ0v) is 16.1. The number of aromatic nitrogens is 4. The first-order valence-corrected chi connectivity index (χ1v) is 9.57. The number of nitrogens with zero attached hydrogens (tertiary/aromatic N) is 4. The Morgan fingerprint density at radius 1 is 1.30 bits per heavy atom. The monoisotopic (exact) mass is 417 g/mol. The maximum absolute atomic E-state index is 13.2. The Kier molecular flexibility index (Phi) is 6.03. The van der Waals surface area contributed by atoms with E-state index in [1.54, 1.807) is 28.0 Å². The lowest BCUT2D eigenvalue weighted by molar-refractivity contribution is -0.140. The van der Waals surface area contributed by atoms with E-state index in [1.165, 1.54) is 6.07 Å². The van der Waals surface area contributed by atoms with E-state index < -0.39 is 11.6 Å². The number of rotatable bonds is 7. The van der Waals surface area contributed by atoms with E-state index in [9.17, 15) is 13.6 Å². The van der Waals surface area contributed by atoms with Crippen LogP contribution in [0, 0.1) is 11.6 Å². The van der Waals surface area contributed by atoms with Crippen molar-refractivity contribution in [2.24, 2.45) is 0 Å². The summed E-state index contributed by atoms with van der Waals surface area (Å²) in [5.41, 5.74) is 1.52. The Hall–Kier alpha value is -3.27. The molecule has 1 atom stereocenters. The lowest BCUT2D eigenvalue weighted by Crippen LogP contribution is -2.43. The second-order valence-corrected chi connectivity index (χ2v) is 6.90. The molecule has 0 saturated carbocycles. The maximum atomic E-state index is 13.2. The molecule has 0 spiro atoms. The van der Waals surface area contributed by atoms with Crippen LogP contribution in [-0.2, 0) is 22.5 Å². The van der Waals surface area contributed by atoms with E-state index in [4.69, 9.17) is 9.47 Å². The predicted octanol–water partition coefficient (Wildman–Crippen LogP) is 2.11. The number of aromatic amines is 1. The molecule has 1 saturated heterocycles. The average Bonchev–Trinajstić information content (AvgIpc) is 3.43. The molecule has 3 heterocycles. The molecule has 4 rings (SSSR count). The van der Waals surface area contributed by atoms with Crippen LogP contribution in [0.25, 0.3) is 0 Å². The van der Waals surface area contributed by atoms with Crippen LogP contribution in [0.5, 0.6) is 5.75 Å². The van der Waals surface area contributed by atoms with E-state index in [2.05, 4.69) is 15.3 Å². The summed E-state index contributed by atoms with van der Waals surface area (Å²) in [6.07, 6.45) is 3.56. The molecule has 0 aliphatic carbocycles. The van der Waals surface area contributed by atoms with Crippen LogP contribution in [0.15, 0.2) is 42.7 Å². The third-order valence-electron chi connectivity index (χ3n) is 4.79. The zero-order valence-electron chi connectivity index (χ0n) is 16.1. The normalized spacial score (nSPS) is 16.6. The SMILES string of the molecule is O=C(Cn1cccn1)N1CCO[C@H](c2cc(CCOc3ccc(F)c(F)c3)[nH]n2)C1. The van der Waals surface area contributed by atoms with Crippen LogP contribution < -0.4 is 4.74 Å². The molecule has 2 aromatic heterocycles. The minimum absolute atomic E-state index is 0.0253. The summed E-state index contributed by atoms with van der Waals surface area (Å²) < 4.78 is 39.0. The van der Waals surface area contributed by atoms with E-state index >= 15 is 0 Å². The van der Waals surface area contributed by atoms with Crippen LogP contribution >= 0.6 is 0 Å². The number of morpholine rings is 1. The molecule has 8 nitrogen and oxygen atoms in total. The van der Waals surface area contributed by atoms with Crippen molar-refractivity contribution < 1.29 is 23.0 Å². The van der Waals surface area contributed by atoms with Gasteiger partial charge in [-0.15, -0.1) is 0 Å². The highest BCUT2D eigenvalue weighted by Gasteiger charge is 2.27. The Bertz CT molecular complexity index is 992. The van der Waals surface area contributed by atoms with Gasteiger partial charge in [-0.05, 0) is 24.3 Å². The van der Waals surface area contributed by atoms with E-state index in [0.717, 1.165) is 17.8 Å². The molecule has 1 fully saturated rings. The topological polar surface area (TPSA) is 85.3 Å². The summed E-state index contributed by atoms with van der Waals surface area (Å²) in [4.78, 5) is 14.2. The van der Waals surface area contributed by atoms with Crippen LogP contribution in [0.2, 0.25) is 0 Å². The van der Waals surface area contributed by atoms with Crippen LogP contribution in [-0.4, -0.2) is 57.1 Å². The minimum Gasteiger partial charge on any atom is -0.493 e. The van der Waals surface area contributed by atoms with Crippen molar-refractivity contribution in [1.29, 1.82) is 0 Å². The summed E-state index contributed by atoms with van der Waals surface area (Å²) in [6.45, 7) is 1.82. The molecular weight excluding hydrogens is 396 g/mol. The lowest BCUT2D eigenvalue weighted by atomic mass is 10.2. The molecule has 0 bridgehead atoms. The molecule has 1 aliphatic heterocycles. The molecular formula is C20H21F2N5O3. The number of H-pyrrole nitrogens is 1. The van der Waals surface area contributed by atoms with Gasteiger partial charge in [0.1, 0.15) is 18.4 Å². The Labute approximate surface area is 171 Å². The molecule has 1 amide bonds. The summed E-state index contributed by atoms with van der Waals surface area (Å²) in [6, 6.07) is 7.05. The third-order valence-corrected chi connectivity index (χ3v) is 4.79. The maximum Gasteiger partial charge on any atom is 0.244 e. The zero-order chi connectivity index (χ0) is 20.9. The van der Waals surface area contributed by atoms with E-state index in [1.807, 2.05) is 6.07 Å². The predicted molar refractivity (Wildman–Crippen MR) is 102 cm³/mol. The van der Waals surface area contributed by atoms with Crippen molar-refractivity contribution in [3.05, 3.63) is 65.7 Å².